The van der Waals surface area contributed by atoms with Crippen LogP contribution in [0.2, 0.25) is 0 Å². The van der Waals surface area contributed by atoms with Crippen molar-refractivity contribution in [2.75, 3.05) is 26.2 Å². The molecule has 1 aromatic rings. The number of H-pyrrole nitrogens is 1. The van der Waals surface area contributed by atoms with Crippen LogP contribution in [0.3, 0.4) is 0 Å². The van der Waals surface area contributed by atoms with Crippen molar-refractivity contribution in [1.82, 2.24) is 30.7 Å². The summed E-state index contributed by atoms with van der Waals surface area (Å²) in [5.41, 5.74) is 2.41. The van der Waals surface area contributed by atoms with Crippen LogP contribution in [0.1, 0.15) is 31.3 Å². The highest BCUT2D eigenvalue weighted by molar-refractivity contribution is 9.10. The Balaban J connectivity index is 1.81. The van der Waals surface area contributed by atoms with Crippen molar-refractivity contribution in [2.45, 2.75) is 26.4 Å². The van der Waals surface area contributed by atoms with Crippen LogP contribution >= 0.6 is 15.9 Å². The number of rotatable bonds is 2. The molecule has 10 heteroatoms. The Bertz CT molecular complexity index is 547. The third kappa shape index (κ3) is 4.41. The molecular weight excluding hydrogens is 356 g/mol. The summed E-state index contributed by atoms with van der Waals surface area (Å²) in [7, 11) is 0. The van der Waals surface area contributed by atoms with Crippen LogP contribution in [0.5, 0.6) is 0 Å². The number of amides is 2. The molecule has 9 nitrogen and oxygen atoms in total. The van der Waals surface area contributed by atoms with Gasteiger partial charge in [-0.05, 0) is 36.7 Å². The topological polar surface area (TPSA) is 103 Å². The summed E-state index contributed by atoms with van der Waals surface area (Å²) >= 11 is 3.13. The number of nitrogens with one attached hydrogen (secondary N) is 2. The molecule has 1 aliphatic heterocycles. The molecule has 0 radical (unpaired) electrons. The van der Waals surface area contributed by atoms with E-state index < -0.39 is 5.60 Å². The zero-order valence-electron chi connectivity index (χ0n) is 12.7. The van der Waals surface area contributed by atoms with E-state index >= 15 is 0 Å². The number of hydrogen-bond donors (Lipinski definition) is 2. The number of aromatic amines is 1. The minimum absolute atomic E-state index is 0.189. The molecule has 0 spiro atoms. The lowest BCUT2D eigenvalue weighted by molar-refractivity contribution is 0.00971. The third-order valence-corrected chi connectivity index (χ3v) is 3.46. The van der Waals surface area contributed by atoms with Crippen molar-refractivity contribution in [3.63, 3.8) is 0 Å². The van der Waals surface area contributed by atoms with Crippen molar-refractivity contribution in [1.29, 1.82) is 0 Å². The maximum Gasteiger partial charge on any atom is 0.410 e. The van der Waals surface area contributed by atoms with E-state index in [1.807, 2.05) is 20.8 Å². The lowest BCUT2D eigenvalue weighted by Gasteiger charge is -2.35. The smallest absolute Gasteiger partial charge is 0.410 e. The minimum atomic E-state index is -0.512. The summed E-state index contributed by atoms with van der Waals surface area (Å²) in [4.78, 5) is 25.6. The van der Waals surface area contributed by atoms with Gasteiger partial charge >= 0.3 is 6.09 Å². The first kappa shape index (κ1) is 16.7. The molecule has 0 saturated carbocycles. The molecule has 1 aromatic heterocycles. The van der Waals surface area contributed by atoms with Crippen LogP contribution in [0.4, 0.5) is 4.79 Å². The van der Waals surface area contributed by atoms with Gasteiger partial charge in [-0.1, -0.05) is 0 Å². The van der Waals surface area contributed by atoms with Gasteiger partial charge < -0.3 is 9.64 Å². The van der Waals surface area contributed by atoms with E-state index in [1.54, 1.807) is 9.91 Å². The number of halogens is 1. The van der Waals surface area contributed by atoms with E-state index in [-0.39, 0.29) is 17.7 Å². The fourth-order valence-corrected chi connectivity index (χ4v) is 2.23. The van der Waals surface area contributed by atoms with Crippen LogP contribution in [0, 0.1) is 0 Å². The molecule has 1 saturated heterocycles. The quantitative estimate of drug-likeness (QED) is 0.791. The Morgan fingerprint density at radius 3 is 2.36 bits per heavy atom. The van der Waals surface area contributed by atoms with E-state index in [2.05, 4.69) is 36.8 Å². The lowest BCUT2D eigenvalue weighted by Crippen LogP contribution is -2.55. The molecule has 0 aliphatic carbocycles. The van der Waals surface area contributed by atoms with Crippen LogP contribution in [-0.2, 0) is 4.74 Å². The van der Waals surface area contributed by atoms with Gasteiger partial charge in [0.1, 0.15) is 5.60 Å². The predicted molar refractivity (Wildman–Crippen MR) is 80.9 cm³/mol. The monoisotopic (exact) mass is 374 g/mol. The summed E-state index contributed by atoms with van der Waals surface area (Å²) < 4.78 is 5.68. The van der Waals surface area contributed by atoms with E-state index in [4.69, 9.17) is 4.74 Å². The van der Waals surface area contributed by atoms with Crippen LogP contribution in [-0.4, -0.2) is 69.1 Å². The average Bonchev–Trinajstić information content (AvgIpc) is 2.84. The molecule has 2 heterocycles. The van der Waals surface area contributed by atoms with Crippen molar-refractivity contribution in [3.05, 3.63) is 10.3 Å². The maximum absolute atomic E-state index is 12.0. The highest BCUT2D eigenvalue weighted by Gasteiger charge is 2.27. The second kappa shape index (κ2) is 6.61. The zero-order valence-corrected chi connectivity index (χ0v) is 14.3. The Kier molecular flexibility index (Phi) is 5.01. The summed E-state index contributed by atoms with van der Waals surface area (Å²) in [6, 6.07) is 0. The molecule has 2 rings (SSSR count). The molecule has 2 amide bonds. The van der Waals surface area contributed by atoms with Gasteiger partial charge in [0, 0.05) is 26.2 Å². The molecule has 1 aliphatic rings. The second-order valence-electron chi connectivity index (χ2n) is 5.86. The summed E-state index contributed by atoms with van der Waals surface area (Å²) in [6.07, 6.45) is -0.335. The minimum Gasteiger partial charge on any atom is -0.444 e. The van der Waals surface area contributed by atoms with Crippen LogP contribution in [0.15, 0.2) is 4.60 Å². The van der Waals surface area contributed by atoms with Gasteiger partial charge in [0.05, 0.1) is 0 Å². The molecule has 2 N–H and O–H groups in total. The summed E-state index contributed by atoms with van der Waals surface area (Å²) in [5.74, 6) is -0.355. The largest absolute Gasteiger partial charge is 0.444 e. The van der Waals surface area contributed by atoms with Gasteiger partial charge in [-0.3, -0.25) is 10.2 Å². The van der Waals surface area contributed by atoms with E-state index in [0.717, 1.165) is 0 Å². The lowest BCUT2D eigenvalue weighted by atomic mass is 10.2. The van der Waals surface area contributed by atoms with Crippen molar-refractivity contribution < 1.29 is 14.3 Å². The van der Waals surface area contributed by atoms with Crippen molar-refractivity contribution >= 4 is 27.9 Å². The SMILES string of the molecule is CC(C)(C)OC(=O)N1CCN(NC(=O)c2n[nH]nc2Br)CC1. The normalized spacial score (nSPS) is 16.5. The first-order valence-electron chi connectivity index (χ1n) is 6.86. The van der Waals surface area contributed by atoms with Gasteiger partial charge in [0.25, 0.3) is 5.91 Å². The van der Waals surface area contributed by atoms with Gasteiger partial charge in [-0.15, -0.1) is 10.2 Å². The Morgan fingerprint density at radius 2 is 1.86 bits per heavy atom. The van der Waals surface area contributed by atoms with Crippen LogP contribution in [0.25, 0.3) is 0 Å². The molecule has 0 aromatic carbocycles. The first-order valence-corrected chi connectivity index (χ1v) is 7.66. The second-order valence-corrected chi connectivity index (χ2v) is 6.61. The van der Waals surface area contributed by atoms with Crippen LogP contribution < -0.4 is 5.43 Å². The molecule has 0 bridgehead atoms. The van der Waals surface area contributed by atoms with E-state index in [1.165, 1.54) is 0 Å². The van der Waals surface area contributed by atoms with Gasteiger partial charge in [0.15, 0.2) is 10.3 Å². The Labute approximate surface area is 136 Å². The molecule has 1 fully saturated rings. The van der Waals surface area contributed by atoms with E-state index in [0.29, 0.717) is 30.8 Å². The number of nitrogens with zero attached hydrogens (tertiary/aromatic N) is 4. The molecule has 122 valence electrons. The Morgan fingerprint density at radius 1 is 1.23 bits per heavy atom. The number of carbonyl (C=O) groups is 2. The number of carbonyl (C=O) groups excluding carboxylic acids is 2. The number of ether oxygens (including phenoxy) is 1. The summed E-state index contributed by atoms with van der Waals surface area (Å²) in [5, 5.41) is 11.6. The molecule has 22 heavy (non-hydrogen) atoms. The van der Waals surface area contributed by atoms with E-state index in [9.17, 15) is 9.59 Å². The van der Waals surface area contributed by atoms with Gasteiger partial charge in [-0.25, -0.2) is 9.80 Å². The van der Waals surface area contributed by atoms with Gasteiger partial charge in [0.2, 0.25) is 0 Å². The maximum atomic E-state index is 12.0. The first-order chi connectivity index (χ1) is 10.3. The number of aromatic nitrogens is 3. The highest BCUT2D eigenvalue weighted by atomic mass is 79.9. The van der Waals surface area contributed by atoms with Crippen molar-refractivity contribution in [3.8, 4) is 0 Å². The predicted octanol–water partition coefficient (Wildman–Crippen LogP) is 0.765. The average molecular weight is 375 g/mol. The number of hydrazine groups is 1. The fraction of sp³-hybridized carbons (Fsp3) is 0.667. The zero-order chi connectivity index (χ0) is 16.3. The Hall–Kier alpha value is -1.68. The number of hydrogen-bond acceptors (Lipinski definition) is 6. The number of piperazine rings is 1. The van der Waals surface area contributed by atoms with Gasteiger partial charge in [-0.2, -0.15) is 5.21 Å². The summed E-state index contributed by atoms with van der Waals surface area (Å²) in [6.45, 7) is 7.48. The van der Waals surface area contributed by atoms with Crippen molar-refractivity contribution in [2.24, 2.45) is 0 Å². The standard InChI is InChI=1S/C12H19BrN6O3/c1-12(2,3)22-11(21)18-4-6-19(7-5-18)16-10(20)8-9(13)15-17-14-8/h4-7H2,1-3H3,(H,16,20)(H,14,15,17). The molecule has 0 atom stereocenters. The third-order valence-electron chi connectivity index (χ3n) is 2.91. The molecular formula is C12H19BrN6O3. The fourth-order valence-electron chi connectivity index (χ4n) is 1.89. The highest BCUT2D eigenvalue weighted by Crippen LogP contribution is 2.12. The molecule has 0 unspecified atom stereocenters.